The van der Waals surface area contributed by atoms with Crippen molar-refractivity contribution in [1.29, 1.82) is 0 Å². The molecule has 0 fully saturated rings. The van der Waals surface area contributed by atoms with E-state index in [0.717, 1.165) is 28.3 Å². The first-order chi connectivity index (χ1) is 12.2. The molecule has 2 aromatic carbocycles. The summed E-state index contributed by atoms with van der Waals surface area (Å²) in [6.07, 6.45) is 3.73. The summed E-state index contributed by atoms with van der Waals surface area (Å²) in [6.45, 7) is 0. The van der Waals surface area contributed by atoms with Gasteiger partial charge in [0.05, 0.1) is 23.4 Å². The number of para-hydroxylation sites is 1. The number of aliphatic imine (C=N–C) groups is 1. The SMILES string of the molecule is COc1ccc(-n2c(O)c(/C=C3/C=Nc4ccccc43)sc2=S)cc1. The molecular weight excluding hydrogens is 352 g/mol. The van der Waals surface area contributed by atoms with Crippen molar-refractivity contribution in [2.24, 2.45) is 4.99 Å². The molecule has 1 N–H and O–H groups in total. The lowest BCUT2D eigenvalue weighted by molar-refractivity contribution is 0.414. The number of fused-ring (bicyclic) bond motifs is 1. The van der Waals surface area contributed by atoms with Crippen molar-refractivity contribution in [3.8, 4) is 17.3 Å². The maximum Gasteiger partial charge on any atom is 0.215 e. The second-order valence-corrected chi connectivity index (χ2v) is 7.14. The highest BCUT2D eigenvalue weighted by atomic mass is 32.1. The molecule has 6 heteroatoms. The molecule has 0 aliphatic carbocycles. The molecule has 4 rings (SSSR count). The third-order valence-electron chi connectivity index (χ3n) is 3.99. The summed E-state index contributed by atoms with van der Waals surface area (Å²) in [5.74, 6) is 0.886. The molecule has 0 unspecified atom stereocenters. The van der Waals surface area contributed by atoms with E-state index in [1.807, 2.05) is 60.8 Å². The number of nitrogens with zero attached hydrogens (tertiary/aromatic N) is 2. The summed E-state index contributed by atoms with van der Waals surface area (Å²) in [5.41, 5.74) is 3.75. The number of benzene rings is 2. The number of thiazole rings is 1. The summed E-state index contributed by atoms with van der Waals surface area (Å²) >= 11 is 6.82. The molecule has 124 valence electrons. The molecule has 1 aliphatic heterocycles. The van der Waals surface area contributed by atoms with E-state index >= 15 is 0 Å². The van der Waals surface area contributed by atoms with Gasteiger partial charge in [-0.05, 0) is 48.6 Å². The molecule has 3 aromatic rings. The maximum atomic E-state index is 10.7. The van der Waals surface area contributed by atoms with Crippen LogP contribution in [-0.2, 0) is 0 Å². The number of methoxy groups -OCH3 is 1. The van der Waals surface area contributed by atoms with Crippen molar-refractivity contribution >= 4 is 47.1 Å². The monoisotopic (exact) mass is 366 g/mol. The Balaban J connectivity index is 1.77. The molecule has 0 spiro atoms. The molecule has 0 bridgehead atoms. The Labute approximate surface area is 154 Å². The number of aromatic nitrogens is 1. The van der Waals surface area contributed by atoms with Crippen LogP contribution < -0.4 is 4.74 Å². The molecule has 4 nitrogen and oxygen atoms in total. The van der Waals surface area contributed by atoms with Crippen molar-refractivity contribution in [3.05, 3.63) is 62.9 Å². The maximum absolute atomic E-state index is 10.7. The van der Waals surface area contributed by atoms with E-state index in [9.17, 15) is 5.11 Å². The molecule has 0 radical (unpaired) electrons. The molecule has 25 heavy (non-hydrogen) atoms. The Morgan fingerprint density at radius 2 is 1.92 bits per heavy atom. The van der Waals surface area contributed by atoms with Gasteiger partial charge in [0.1, 0.15) is 5.75 Å². The number of ether oxygens (including phenoxy) is 1. The van der Waals surface area contributed by atoms with Crippen molar-refractivity contribution in [3.63, 3.8) is 0 Å². The van der Waals surface area contributed by atoms with Gasteiger partial charge in [-0.2, -0.15) is 0 Å². The number of hydrogen-bond donors (Lipinski definition) is 1. The second kappa shape index (κ2) is 6.31. The molecule has 0 saturated carbocycles. The van der Waals surface area contributed by atoms with Crippen molar-refractivity contribution in [1.82, 2.24) is 4.57 Å². The zero-order chi connectivity index (χ0) is 17.4. The predicted octanol–water partition coefficient (Wildman–Crippen LogP) is 5.24. The van der Waals surface area contributed by atoms with Gasteiger partial charge in [-0.3, -0.25) is 9.56 Å². The molecular formula is C19H14N2O2S2. The van der Waals surface area contributed by atoms with Crippen molar-refractivity contribution < 1.29 is 9.84 Å². The van der Waals surface area contributed by atoms with E-state index in [4.69, 9.17) is 17.0 Å². The van der Waals surface area contributed by atoms with Gasteiger partial charge in [0.2, 0.25) is 5.88 Å². The Bertz CT molecular complexity index is 1060. The normalized spacial score (nSPS) is 14.0. The van der Waals surface area contributed by atoms with E-state index in [0.29, 0.717) is 8.83 Å². The largest absolute Gasteiger partial charge is 0.497 e. The fraction of sp³-hybridized carbons (Fsp3) is 0.0526. The zero-order valence-corrected chi connectivity index (χ0v) is 15.0. The Morgan fingerprint density at radius 1 is 1.16 bits per heavy atom. The Hall–Kier alpha value is -2.70. The van der Waals surface area contributed by atoms with Crippen LogP contribution in [0.4, 0.5) is 5.69 Å². The first-order valence-electron chi connectivity index (χ1n) is 7.62. The van der Waals surface area contributed by atoms with E-state index in [1.54, 1.807) is 11.7 Å². The fourth-order valence-electron chi connectivity index (χ4n) is 2.73. The average Bonchev–Trinajstić information content (AvgIpc) is 3.17. The van der Waals surface area contributed by atoms with Crippen LogP contribution in [0.1, 0.15) is 10.4 Å². The number of aromatic hydroxyl groups is 1. The third kappa shape index (κ3) is 2.79. The minimum absolute atomic E-state index is 0.130. The highest BCUT2D eigenvalue weighted by molar-refractivity contribution is 7.73. The standard InChI is InChI=1S/C19H14N2O2S2/c1-23-14-8-6-13(7-9-14)21-18(22)17(25-19(21)24)10-12-11-20-16-5-3-2-4-15(12)16/h2-11,22H,1H3/b12-10-. The first kappa shape index (κ1) is 15.8. The number of rotatable bonds is 3. The number of allylic oxidation sites excluding steroid dienone is 1. The van der Waals surface area contributed by atoms with Crippen molar-refractivity contribution in [2.45, 2.75) is 0 Å². The topological polar surface area (TPSA) is 46.8 Å². The van der Waals surface area contributed by atoms with Gasteiger partial charge in [-0.1, -0.05) is 18.2 Å². The molecule has 1 aromatic heterocycles. The van der Waals surface area contributed by atoms with E-state index in [-0.39, 0.29) is 5.88 Å². The van der Waals surface area contributed by atoms with Gasteiger partial charge in [0, 0.05) is 17.4 Å². The zero-order valence-electron chi connectivity index (χ0n) is 13.3. The van der Waals surface area contributed by atoms with Crippen LogP contribution in [-0.4, -0.2) is 23.0 Å². The van der Waals surface area contributed by atoms with Gasteiger partial charge < -0.3 is 9.84 Å². The molecule has 2 heterocycles. The molecule has 0 amide bonds. The van der Waals surface area contributed by atoms with Gasteiger partial charge in [0.25, 0.3) is 0 Å². The van der Waals surface area contributed by atoms with Crippen LogP contribution in [0.25, 0.3) is 17.3 Å². The van der Waals surface area contributed by atoms with E-state index in [1.165, 1.54) is 11.3 Å². The smallest absolute Gasteiger partial charge is 0.215 e. The summed E-state index contributed by atoms with van der Waals surface area (Å²) in [7, 11) is 1.62. The van der Waals surface area contributed by atoms with Crippen LogP contribution in [0.15, 0.2) is 53.5 Å². The highest BCUT2D eigenvalue weighted by Gasteiger charge is 2.16. The highest BCUT2D eigenvalue weighted by Crippen LogP contribution is 2.36. The Morgan fingerprint density at radius 3 is 2.68 bits per heavy atom. The average molecular weight is 366 g/mol. The lowest BCUT2D eigenvalue weighted by Gasteiger charge is -2.06. The van der Waals surface area contributed by atoms with E-state index < -0.39 is 0 Å². The second-order valence-electron chi connectivity index (χ2n) is 5.46. The fourth-order valence-corrected chi connectivity index (χ4v) is 4.03. The van der Waals surface area contributed by atoms with Gasteiger partial charge >= 0.3 is 0 Å². The minimum Gasteiger partial charge on any atom is -0.497 e. The van der Waals surface area contributed by atoms with Crippen LogP contribution in [0.5, 0.6) is 11.6 Å². The van der Waals surface area contributed by atoms with Crippen LogP contribution >= 0.6 is 23.6 Å². The van der Waals surface area contributed by atoms with Gasteiger partial charge in [-0.25, -0.2) is 0 Å². The predicted molar refractivity (Wildman–Crippen MR) is 105 cm³/mol. The van der Waals surface area contributed by atoms with Crippen molar-refractivity contribution in [2.75, 3.05) is 7.11 Å². The summed E-state index contributed by atoms with van der Waals surface area (Å²) < 4.78 is 7.41. The van der Waals surface area contributed by atoms with E-state index in [2.05, 4.69) is 4.99 Å². The Kier molecular flexibility index (Phi) is 3.99. The molecule has 0 saturated heterocycles. The lowest BCUT2D eigenvalue weighted by Crippen LogP contribution is -1.93. The molecule has 0 atom stereocenters. The minimum atomic E-state index is 0.130. The quantitative estimate of drug-likeness (QED) is 0.645. The first-order valence-corrected chi connectivity index (χ1v) is 8.84. The third-order valence-corrected chi connectivity index (χ3v) is 5.30. The van der Waals surface area contributed by atoms with Crippen LogP contribution in [0.3, 0.4) is 0 Å². The van der Waals surface area contributed by atoms with Gasteiger partial charge in [0.15, 0.2) is 3.95 Å². The summed E-state index contributed by atoms with van der Waals surface area (Å²) in [4.78, 5) is 5.10. The summed E-state index contributed by atoms with van der Waals surface area (Å²) in [6, 6.07) is 15.3. The van der Waals surface area contributed by atoms with Crippen LogP contribution in [0.2, 0.25) is 0 Å². The van der Waals surface area contributed by atoms with Gasteiger partial charge in [-0.15, -0.1) is 11.3 Å². The summed E-state index contributed by atoms with van der Waals surface area (Å²) in [5, 5.41) is 10.7. The lowest BCUT2D eigenvalue weighted by atomic mass is 10.1. The van der Waals surface area contributed by atoms with Crippen LogP contribution in [0, 0.1) is 3.95 Å². The number of hydrogen-bond acceptors (Lipinski definition) is 5. The molecule has 1 aliphatic rings.